The van der Waals surface area contributed by atoms with Gasteiger partial charge >= 0.3 is 0 Å². The standard InChI is InChI=1S/C13H15BrF2O/c1-8-5-13(16)10(7-12(8)15)11(14)6-9-3-2-4-17-9/h5,7,9,11H,2-4,6H2,1H3. The van der Waals surface area contributed by atoms with Crippen molar-refractivity contribution in [2.45, 2.75) is 37.1 Å². The lowest BCUT2D eigenvalue weighted by Crippen LogP contribution is -2.09. The summed E-state index contributed by atoms with van der Waals surface area (Å²) >= 11 is 3.42. The molecule has 1 nitrogen and oxygen atoms in total. The number of benzene rings is 1. The lowest BCUT2D eigenvalue weighted by Gasteiger charge is -2.16. The summed E-state index contributed by atoms with van der Waals surface area (Å²) in [6.45, 7) is 2.33. The van der Waals surface area contributed by atoms with Gasteiger partial charge in [-0.05, 0) is 43.9 Å². The fourth-order valence-electron chi connectivity index (χ4n) is 2.09. The summed E-state index contributed by atoms with van der Waals surface area (Å²) in [7, 11) is 0. The van der Waals surface area contributed by atoms with E-state index < -0.39 is 0 Å². The molecule has 1 aliphatic heterocycles. The number of rotatable bonds is 3. The van der Waals surface area contributed by atoms with Crippen LogP contribution in [0.25, 0.3) is 0 Å². The fraction of sp³-hybridized carbons (Fsp3) is 0.538. The van der Waals surface area contributed by atoms with Gasteiger partial charge in [0.1, 0.15) is 11.6 Å². The monoisotopic (exact) mass is 304 g/mol. The van der Waals surface area contributed by atoms with Crippen LogP contribution >= 0.6 is 15.9 Å². The van der Waals surface area contributed by atoms with Gasteiger partial charge in [-0.2, -0.15) is 0 Å². The topological polar surface area (TPSA) is 9.23 Å². The van der Waals surface area contributed by atoms with E-state index in [1.54, 1.807) is 6.92 Å². The van der Waals surface area contributed by atoms with Crippen LogP contribution < -0.4 is 0 Å². The molecule has 4 heteroatoms. The summed E-state index contributed by atoms with van der Waals surface area (Å²) in [5.74, 6) is -0.720. The Hall–Kier alpha value is -0.480. The van der Waals surface area contributed by atoms with Crippen LogP contribution in [-0.4, -0.2) is 12.7 Å². The van der Waals surface area contributed by atoms with Gasteiger partial charge in [-0.15, -0.1) is 0 Å². The Labute approximate surface area is 108 Å². The largest absolute Gasteiger partial charge is 0.378 e. The number of hydrogen-bond acceptors (Lipinski definition) is 1. The van der Waals surface area contributed by atoms with Crippen LogP contribution in [0.5, 0.6) is 0 Å². The Balaban J connectivity index is 2.12. The molecule has 0 spiro atoms. The van der Waals surface area contributed by atoms with E-state index >= 15 is 0 Å². The van der Waals surface area contributed by atoms with Gasteiger partial charge in [0, 0.05) is 17.0 Å². The molecule has 1 heterocycles. The van der Waals surface area contributed by atoms with Crippen molar-refractivity contribution in [1.29, 1.82) is 0 Å². The van der Waals surface area contributed by atoms with E-state index in [9.17, 15) is 8.78 Å². The van der Waals surface area contributed by atoms with Crippen molar-refractivity contribution in [3.8, 4) is 0 Å². The van der Waals surface area contributed by atoms with Gasteiger partial charge in [0.2, 0.25) is 0 Å². The van der Waals surface area contributed by atoms with Gasteiger partial charge in [0.15, 0.2) is 0 Å². The highest BCUT2D eigenvalue weighted by atomic mass is 79.9. The first kappa shape index (κ1) is 13.0. The zero-order chi connectivity index (χ0) is 12.4. The number of hydrogen-bond donors (Lipinski definition) is 0. The lowest BCUT2D eigenvalue weighted by molar-refractivity contribution is 0.104. The summed E-state index contributed by atoms with van der Waals surface area (Å²) in [5, 5.41) is 0. The van der Waals surface area contributed by atoms with Crippen molar-refractivity contribution >= 4 is 15.9 Å². The molecule has 0 bridgehead atoms. The summed E-state index contributed by atoms with van der Waals surface area (Å²) in [6, 6.07) is 2.52. The Morgan fingerprint density at radius 2 is 2.18 bits per heavy atom. The molecule has 0 aliphatic carbocycles. The summed E-state index contributed by atoms with van der Waals surface area (Å²) in [4.78, 5) is -0.194. The smallest absolute Gasteiger partial charge is 0.128 e. The molecule has 1 aromatic rings. The first-order valence-corrected chi connectivity index (χ1v) is 6.70. The molecule has 2 unspecified atom stereocenters. The molecule has 0 saturated carbocycles. The van der Waals surface area contributed by atoms with Crippen molar-refractivity contribution in [3.63, 3.8) is 0 Å². The zero-order valence-corrected chi connectivity index (χ0v) is 11.3. The first-order chi connectivity index (χ1) is 8.08. The molecule has 0 amide bonds. The molecule has 1 aromatic carbocycles. The van der Waals surface area contributed by atoms with Gasteiger partial charge in [-0.3, -0.25) is 0 Å². The lowest BCUT2D eigenvalue weighted by atomic mass is 10.0. The van der Waals surface area contributed by atoms with E-state index in [0.29, 0.717) is 17.5 Å². The van der Waals surface area contributed by atoms with Crippen molar-refractivity contribution in [2.24, 2.45) is 0 Å². The minimum Gasteiger partial charge on any atom is -0.378 e. The van der Waals surface area contributed by atoms with Gasteiger partial charge in [-0.25, -0.2) is 8.78 Å². The van der Waals surface area contributed by atoms with Crippen LogP contribution in [0.4, 0.5) is 8.78 Å². The van der Waals surface area contributed by atoms with E-state index in [2.05, 4.69) is 15.9 Å². The second-order valence-electron chi connectivity index (χ2n) is 4.46. The summed E-state index contributed by atoms with van der Waals surface area (Å²) in [5.41, 5.74) is 0.715. The maximum Gasteiger partial charge on any atom is 0.128 e. The summed E-state index contributed by atoms with van der Waals surface area (Å²) in [6.07, 6.45) is 2.88. The highest BCUT2D eigenvalue weighted by Crippen LogP contribution is 2.34. The van der Waals surface area contributed by atoms with Crippen molar-refractivity contribution in [2.75, 3.05) is 6.61 Å². The van der Waals surface area contributed by atoms with Gasteiger partial charge in [0.05, 0.1) is 6.10 Å². The van der Waals surface area contributed by atoms with E-state index in [-0.39, 0.29) is 22.6 Å². The molecule has 2 rings (SSSR count). The number of alkyl halides is 1. The second kappa shape index (κ2) is 5.44. The molecule has 17 heavy (non-hydrogen) atoms. The predicted molar refractivity (Wildman–Crippen MR) is 66.4 cm³/mol. The Bertz CT molecular complexity index is 403. The van der Waals surface area contributed by atoms with Gasteiger partial charge < -0.3 is 4.74 Å². The third kappa shape index (κ3) is 3.05. The SMILES string of the molecule is Cc1cc(F)c(C(Br)CC2CCCO2)cc1F. The molecule has 0 radical (unpaired) electrons. The summed E-state index contributed by atoms with van der Waals surface area (Å²) < 4.78 is 32.6. The first-order valence-electron chi connectivity index (χ1n) is 5.79. The fourth-order valence-corrected chi connectivity index (χ4v) is 2.86. The average molecular weight is 305 g/mol. The van der Waals surface area contributed by atoms with E-state index in [1.165, 1.54) is 12.1 Å². The molecule has 0 aromatic heterocycles. The molecular formula is C13H15BrF2O. The van der Waals surface area contributed by atoms with E-state index in [4.69, 9.17) is 4.74 Å². The Morgan fingerprint density at radius 3 is 2.82 bits per heavy atom. The maximum absolute atomic E-state index is 13.7. The van der Waals surface area contributed by atoms with E-state index in [1.807, 2.05) is 0 Å². The van der Waals surface area contributed by atoms with Gasteiger partial charge in [-0.1, -0.05) is 15.9 Å². The maximum atomic E-state index is 13.7. The van der Waals surface area contributed by atoms with Crippen molar-refractivity contribution in [3.05, 3.63) is 34.9 Å². The molecule has 1 fully saturated rings. The van der Waals surface area contributed by atoms with Gasteiger partial charge in [0.25, 0.3) is 0 Å². The normalized spacial score (nSPS) is 21.8. The zero-order valence-electron chi connectivity index (χ0n) is 9.68. The minimum absolute atomic E-state index is 0.156. The molecule has 1 saturated heterocycles. The number of aryl methyl sites for hydroxylation is 1. The quantitative estimate of drug-likeness (QED) is 0.757. The minimum atomic E-state index is -0.363. The molecule has 2 atom stereocenters. The average Bonchev–Trinajstić information content (AvgIpc) is 2.76. The third-order valence-electron chi connectivity index (χ3n) is 3.11. The third-order valence-corrected chi connectivity index (χ3v) is 3.98. The van der Waals surface area contributed by atoms with Crippen LogP contribution in [0.2, 0.25) is 0 Å². The van der Waals surface area contributed by atoms with Crippen LogP contribution in [0.3, 0.4) is 0 Å². The van der Waals surface area contributed by atoms with Crippen LogP contribution in [-0.2, 0) is 4.74 Å². The number of ether oxygens (including phenoxy) is 1. The van der Waals surface area contributed by atoms with Crippen LogP contribution in [0.1, 0.15) is 35.2 Å². The van der Waals surface area contributed by atoms with Crippen LogP contribution in [0, 0.1) is 18.6 Å². The van der Waals surface area contributed by atoms with E-state index in [0.717, 1.165) is 19.4 Å². The highest BCUT2D eigenvalue weighted by Gasteiger charge is 2.22. The molecular weight excluding hydrogens is 290 g/mol. The second-order valence-corrected chi connectivity index (χ2v) is 5.57. The Morgan fingerprint density at radius 1 is 1.41 bits per heavy atom. The Kier molecular flexibility index (Phi) is 4.15. The van der Waals surface area contributed by atoms with Crippen LogP contribution in [0.15, 0.2) is 12.1 Å². The van der Waals surface area contributed by atoms with Crippen molar-refractivity contribution in [1.82, 2.24) is 0 Å². The molecule has 94 valence electrons. The predicted octanol–water partition coefficient (Wildman–Crippen LogP) is 4.28. The number of halogens is 3. The molecule has 1 aliphatic rings. The highest BCUT2D eigenvalue weighted by molar-refractivity contribution is 9.09. The molecule has 0 N–H and O–H groups in total. The van der Waals surface area contributed by atoms with Crippen molar-refractivity contribution < 1.29 is 13.5 Å².